The van der Waals surface area contributed by atoms with Crippen molar-refractivity contribution in [3.05, 3.63) is 29.8 Å². The number of nitrogens with one attached hydrogen (secondary N) is 3. The van der Waals surface area contributed by atoms with Crippen LogP contribution in [-0.4, -0.2) is 32.0 Å². The van der Waals surface area contributed by atoms with E-state index in [4.69, 9.17) is 0 Å². The van der Waals surface area contributed by atoms with E-state index in [1.807, 2.05) is 45.0 Å². The minimum Gasteiger partial charge on any atom is -0.359 e. The van der Waals surface area contributed by atoms with Crippen LogP contribution in [0.25, 0.3) is 0 Å². The molecule has 0 radical (unpaired) electrons. The van der Waals surface area contributed by atoms with Gasteiger partial charge < -0.3 is 16.0 Å². The predicted molar refractivity (Wildman–Crippen MR) is 80.5 cm³/mol. The van der Waals surface area contributed by atoms with Crippen LogP contribution in [0.2, 0.25) is 0 Å². The Labute approximate surface area is 120 Å². The van der Waals surface area contributed by atoms with Crippen LogP contribution in [-0.2, 0) is 9.59 Å². The summed E-state index contributed by atoms with van der Waals surface area (Å²) >= 11 is 0. The highest BCUT2D eigenvalue weighted by Crippen LogP contribution is 2.14. The van der Waals surface area contributed by atoms with Gasteiger partial charge in [0.15, 0.2) is 0 Å². The van der Waals surface area contributed by atoms with Crippen molar-refractivity contribution in [1.29, 1.82) is 0 Å². The molecule has 3 N–H and O–H groups in total. The Bertz CT molecular complexity index is 484. The SMILES string of the molecule is CNC(=O)C(C)(C)CNCC(=O)Nc1ccccc1C. The molecule has 0 aromatic heterocycles. The molecule has 20 heavy (non-hydrogen) atoms. The summed E-state index contributed by atoms with van der Waals surface area (Å²) in [6.45, 7) is 6.22. The molecule has 1 aromatic rings. The zero-order valence-electron chi connectivity index (χ0n) is 12.5. The topological polar surface area (TPSA) is 70.2 Å². The zero-order valence-corrected chi connectivity index (χ0v) is 12.5. The van der Waals surface area contributed by atoms with E-state index in [-0.39, 0.29) is 18.4 Å². The molecular weight excluding hydrogens is 254 g/mol. The number of rotatable bonds is 6. The summed E-state index contributed by atoms with van der Waals surface area (Å²) in [5.74, 6) is -0.170. The third-order valence-electron chi connectivity index (χ3n) is 3.11. The fraction of sp³-hybridized carbons (Fsp3) is 0.467. The van der Waals surface area contributed by atoms with Gasteiger partial charge in [-0.3, -0.25) is 9.59 Å². The van der Waals surface area contributed by atoms with Gasteiger partial charge in [-0.25, -0.2) is 0 Å². The number of para-hydroxylation sites is 1. The molecule has 0 atom stereocenters. The summed E-state index contributed by atoms with van der Waals surface area (Å²) in [5, 5.41) is 8.46. The smallest absolute Gasteiger partial charge is 0.238 e. The second kappa shape index (κ2) is 7.05. The maximum atomic E-state index is 11.8. The quantitative estimate of drug-likeness (QED) is 0.734. The lowest BCUT2D eigenvalue weighted by atomic mass is 9.92. The van der Waals surface area contributed by atoms with E-state index < -0.39 is 5.41 Å². The van der Waals surface area contributed by atoms with Gasteiger partial charge in [0.05, 0.1) is 12.0 Å². The van der Waals surface area contributed by atoms with Crippen molar-refractivity contribution < 1.29 is 9.59 Å². The third-order valence-corrected chi connectivity index (χ3v) is 3.11. The molecule has 1 aromatic carbocycles. The number of carbonyl (C=O) groups is 2. The third kappa shape index (κ3) is 4.66. The van der Waals surface area contributed by atoms with Crippen molar-refractivity contribution in [2.75, 3.05) is 25.5 Å². The Morgan fingerprint density at radius 2 is 1.85 bits per heavy atom. The van der Waals surface area contributed by atoms with E-state index in [2.05, 4.69) is 16.0 Å². The van der Waals surface area contributed by atoms with Crippen molar-refractivity contribution in [3.63, 3.8) is 0 Å². The minimum absolute atomic E-state index is 0.0516. The number of anilines is 1. The van der Waals surface area contributed by atoms with E-state index in [1.165, 1.54) is 0 Å². The minimum atomic E-state index is -0.544. The Morgan fingerprint density at radius 1 is 1.20 bits per heavy atom. The molecule has 0 aliphatic carbocycles. The number of benzene rings is 1. The van der Waals surface area contributed by atoms with E-state index in [0.717, 1.165) is 11.3 Å². The van der Waals surface area contributed by atoms with Crippen molar-refractivity contribution in [1.82, 2.24) is 10.6 Å². The Kier molecular flexibility index (Phi) is 5.70. The fourth-order valence-corrected chi connectivity index (χ4v) is 1.81. The lowest BCUT2D eigenvalue weighted by Gasteiger charge is -2.22. The molecule has 0 heterocycles. The first-order chi connectivity index (χ1) is 9.36. The van der Waals surface area contributed by atoms with Gasteiger partial charge in [-0.05, 0) is 32.4 Å². The Balaban J connectivity index is 2.41. The number of amides is 2. The largest absolute Gasteiger partial charge is 0.359 e. The highest BCUT2D eigenvalue weighted by molar-refractivity contribution is 5.93. The van der Waals surface area contributed by atoms with Crippen molar-refractivity contribution in [3.8, 4) is 0 Å². The van der Waals surface area contributed by atoms with Crippen molar-refractivity contribution >= 4 is 17.5 Å². The second-order valence-electron chi connectivity index (χ2n) is 5.43. The summed E-state index contributed by atoms with van der Waals surface area (Å²) in [6.07, 6.45) is 0. The first kappa shape index (κ1) is 16.2. The Morgan fingerprint density at radius 3 is 2.45 bits per heavy atom. The standard InChI is InChI=1S/C15H23N3O2/c1-11-7-5-6-8-12(11)18-13(19)9-17-10-15(2,3)14(20)16-4/h5-8,17H,9-10H2,1-4H3,(H,16,20)(H,18,19). The lowest BCUT2D eigenvalue weighted by molar-refractivity contribution is -0.128. The van der Waals surface area contributed by atoms with Gasteiger partial charge in [-0.2, -0.15) is 0 Å². The zero-order chi connectivity index (χ0) is 15.2. The van der Waals surface area contributed by atoms with Crippen molar-refractivity contribution in [2.45, 2.75) is 20.8 Å². The molecule has 5 nitrogen and oxygen atoms in total. The lowest BCUT2D eigenvalue weighted by Crippen LogP contribution is -2.43. The van der Waals surface area contributed by atoms with Crippen LogP contribution in [0.5, 0.6) is 0 Å². The van der Waals surface area contributed by atoms with Crippen molar-refractivity contribution in [2.24, 2.45) is 5.41 Å². The summed E-state index contributed by atoms with van der Waals surface area (Å²) in [7, 11) is 1.61. The first-order valence-corrected chi connectivity index (χ1v) is 6.65. The van der Waals surface area contributed by atoms with E-state index in [0.29, 0.717) is 6.54 Å². The maximum Gasteiger partial charge on any atom is 0.238 e. The average molecular weight is 277 g/mol. The highest BCUT2D eigenvalue weighted by Gasteiger charge is 2.26. The molecule has 5 heteroatoms. The number of carbonyl (C=O) groups excluding carboxylic acids is 2. The molecule has 0 aliphatic heterocycles. The van der Waals surface area contributed by atoms with Crippen LogP contribution in [0, 0.1) is 12.3 Å². The molecule has 0 saturated carbocycles. The molecule has 0 saturated heterocycles. The van der Waals surface area contributed by atoms with Gasteiger partial charge in [0, 0.05) is 19.3 Å². The molecule has 110 valence electrons. The molecule has 1 rings (SSSR count). The second-order valence-corrected chi connectivity index (χ2v) is 5.43. The number of aryl methyl sites for hydroxylation is 1. The van der Waals surface area contributed by atoms with Gasteiger partial charge in [-0.15, -0.1) is 0 Å². The van der Waals surface area contributed by atoms with E-state index in [1.54, 1.807) is 7.05 Å². The molecule has 0 bridgehead atoms. The van der Waals surface area contributed by atoms with Crippen LogP contribution in [0.4, 0.5) is 5.69 Å². The van der Waals surface area contributed by atoms with E-state index >= 15 is 0 Å². The van der Waals surface area contributed by atoms with Gasteiger partial charge >= 0.3 is 0 Å². The van der Waals surface area contributed by atoms with Gasteiger partial charge in [-0.1, -0.05) is 18.2 Å². The van der Waals surface area contributed by atoms with E-state index in [9.17, 15) is 9.59 Å². The predicted octanol–water partition coefficient (Wildman–Crippen LogP) is 1.30. The molecule has 0 unspecified atom stereocenters. The summed E-state index contributed by atoms with van der Waals surface area (Å²) in [4.78, 5) is 23.4. The van der Waals surface area contributed by atoms with Crippen LogP contribution in [0.15, 0.2) is 24.3 Å². The summed E-state index contributed by atoms with van der Waals surface area (Å²) in [6, 6.07) is 7.61. The highest BCUT2D eigenvalue weighted by atomic mass is 16.2. The van der Waals surface area contributed by atoms with Crippen LogP contribution >= 0.6 is 0 Å². The molecule has 0 spiro atoms. The maximum absolute atomic E-state index is 11.8. The van der Waals surface area contributed by atoms with Crippen LogP contribution in [0.3, 0.4) is 0 Å². The summed E-state index contributed by atoms with van der Waals surface area (Å²) < 4.78 is 0. The van der Waals surface area contributed by atoms with Gasteiger partial charge in [0.2, 0.25) is 11.8 Å². The monoisotopic (exact) mass is 277 g/mol. The fourth-order valence-electron chi connectivity index (χ4n) is 1.81. The van der Waals surface area contributed by atoms with Crippen LogP contribution in [0.1, 0.15) is 19.4 Å². The summed E-state index contributed by atoms with van der Waals surface area (Å²) in [5.41, 5.74) is 1.29. The van der Waals surface area contributed by atoms with Crippen LogP contribution < -0.4 is 16.0 Å². The Hall–Kier alpha value is -1.88. The first-order valence-electron chi connectivity index (χ1n) is 6.65. The number of hydrogen-bond acceptors (Lipinski definition) is 3. The van der Waals surface area contributed by atoms with Gasteiger partial charge in [0.25, 0.3) is 0 Å². The number of hydrogen-bond donors (Lipinski definition) is 3. The normalized spacial score (nSPS) is 11.0. The molecule has 0 aliphatic rings. The molecular formula is C15H23N3O2. The van der Waals surface area contributed by atoms with Gasteiger partial charge in [0.1, 0.15) is 0 Å². The molecule has 0 fully saturated rings. The molecule has 2 amide bonds. The average Bonchev–Trinajstić information content (AvgIpc) is 2.40.